The number of benzene rings is 1. The highest BCUT2D eigenvalue weighted by atomic mass is 32.2. The highest BCUT2D eigenvalue weighted by Crippen LogP contribution is 2.38. The molecule has 0 radical (unpaired) electrons. The second kappa shape index (κ2) is 6.29. The lowest BCUT2D eigenvalue weighted by molar-refractivity contribution is 0.0939. The van der Waals surface area contributed by atoms with Crippen LogP contribution in [0.25, 0.3) is 0 Å². The van der Waals surface area contributed by atoms with Gasteiger partial charge in [-0.1, -0.05) is 12.1 Å². The molecule has 1 aromatic heterocycles. The minimum Gasteiger partial charge on any atom is -0.344 e. The molecule has 1 N–H and O–H groups in total. The monoisotopic (exact) mass is 347 g/mol. The summed E-state index contributed by atoms with van der Waals surface area (Å²) in [7, 11) is 0. The summed E-state index contributed by atoms with van der Waals surface area (Å²) in [5, 5.41) is 3.12. The first-order chi connectivity index (χ1) is 11.2. The first-order valence-electron chi connectivity index (χ1n) is 8.06. The van der Waals surface area contributed by atoms with Crippen LogP contribution in [0.1, 0.15) is 51.0 Å². The van der Waals surface area contributed by atoms with Crippen LogP contribution >= 0.6 is 23.1 Å². The molecule has 2 aliphatic rings. The number of thiophene rings is 1. The molecule has 1 amide bonds. The van der Waals surface area contributed by atoms with Gasteiger partial charge in [0.25, 0.3) is 5.91 Å². The number of rotatable bonds is 2. The zero-order valence-corrected chi connectivity index (χ0v) is 14.4. The minimum absolute atomic E-state index is 0.0171. The highest BCUT2D eigenvalue weighted by Gasteiger charge is 2.26. The van der Waals surface area contributed by atoms with Crippen LogP contribution in [0.4, 0.5) is 4.39 Å². The molecule has 23 heavy (non-hydrogen) atoms. The zero-order valence-electron chi connectivity index (χ0n) is 12.7. The quantitative estimate of drug-likeness (QED) is 0.851. The molecule has 1 unspecified atom stereocenters. The average molecular weight is 347 g/mol. The van der Waals surface area contributed by atoms with Crippen LogP contribution in [0, 0.1) is 5.82 Å². The Hall–Kier alpha value is -1.33. The van der Waals surface area contributed by atoms with Crippen molar-refractivity contribution in [2.75, 3.05) is 5.75 Å². The summed E-state index contributed by atoms with van der Waals surface area (Å²) in [6.45, 7) is 0. The molecule has 1 aliphatic carbocycles. The summed E-state index contributed by atoms with van der Waals surface area (Å²) in [5.74, 6) is 0.634. The molecule has 2 nitrogen and oxygen atoms in total. The molecule has 0 saturated heterocycles. The van der Waals surface area contributed by atoms with Gasteiger partial charge >= 0.3 is 0 Å². The summed E-state index contributed by atoms with van der Waals surface area (Å²) in [6.07, 6.45) is 5.48. The second-order valence-corrected chi connectivity index (χ2v) is 8.33. The topological polar surface area (TPSA) is 29.1 Å². The van der Waals surface area contributed by atoms with Gasteiger partial charge in [-0.25, -0.2) is 4.39 Å². The number of hydrogen-bond acceptors (Lipinski definition) is 3. The number of thioether (sulfide) groups is 1. The van der Waals surface area contributed by atoms with E-state index in [-0.39, 0.29) is 17.8 Å². The number of amides is 1. The first kappa shape index (κ1) is 15.2. The lowest BCUT2D eigenvalue weighted by Gasteiger charge is -2.26. The molecule has 1 atom stereocenters. The Bertz CT molecular complexity index is 732. The van der Waals surface area contributed by atoms with Gasteiger partial charge < -0.3 is 5.32 Å². The summed E-state index contributed by atoms with van der Waals surface area (Å²) >= 11 is 3.17. The van der Waals surface area contributed by atoms with Crippen LogP contribution in [-0.4, -0.2) is 11.7 Å². The summed E-state index contributed by atoms with van der Waals surface area (Å²) < 4.78 is 13.9. The molecule has 0 saturated carbocycles. The smallest absolute Gasteiger partial charge is 0.261 e. The molecule has 5 heteroatoms. The van der Waals surface area contributed by atoms with Gasteiger partial charge in [0.15, 0.2) is 0 Å². The number of carbonyl (C=O) groups is 1. The predicted molar refractivity (Wildman–Crippen MR) is 92.9 cm³/mol. The molecule has 120 valence electrons. The van der Waals surface area contributed by atoms with Crippen molar-refractivity contribution in [1.82, 2.24) is 5.32 Å². The van der Waals surface area contributed by atoms with E-state index in [1.807, 2.05) is 6.07 Å². The van der Waals surface area contributed by atoms with Crippen LogP contribution in [0.15, 0.2) is 29.2 Å². The van der Waals surface area contributed by atoms with Crippen molar-refractivity contribution in [2.24, 2.45) is 0 Å². The Morgan fingerprint density at radius 2 is 2.13 bits per heavy atom. The Kier molecular flexibility index (Phi) is 4.16. The van der Waals surface area contributed by atoms with Crippen molar-refractivity contribution in [3.63, 3.8) is 0 Å². The van der Waals surface area contributed by atoms with Crippen LogP contribution < -0.4 is 5.32 Å². The first-order valence-corrected chi connectivity index (χ1v) is 9.86. The van der Waals surface area contributed by atoms with Gasteiger partial charge in [-0.2, -0.15) is 0 Å². The van der Waals surface area contributed by atoms with E-state index in [2.05, 4.69) is 11.4 Å². The van der Waals surface area contributed by atoms with Crippen LogP contribution in [-0.2, 0) is 12.8 Å². The van der Waals surface area contributed by atoms with E-state index in [0.717, 1.165) is 35.5 Å². The van der Waals surface area contributed by atoms with E-state index >= 15 is 0 Å². The van der Waals surface area contributed by atoms with Gasteiger partial charge in [0.1, 0.15) is 5.82 Å². The van der Waals surface area contributed by atoms with E-state index < -0.39 is 0 Å². The third-order valence-electron chi connectivity index (χ3n) is 4.55. The molecular weight excluding hydrogens is 329 g/mol. The fourth-order valence-corrected chi connectivity index (χ4v) is 5.67. The summed E-state index contributed by atoms with van der Waals surface area (Å²) in [4.78, 5) is 15.5. The van der Waals surface area contributed by atoms with Crippen molar-refractivity contribution in [1.29, 1.82) is 0 Å². The lowest BCUT2D eigenvalue weighted by Crippen LogP contribution is -2.30. The van der Waals surface area contributed by atoms with Gasteiger partial charge in [-0.3, -0.25) is 4.79 Å². The van der Waals surface area contributed by atoms with E-state index in [1.165, 1.54) is 29.3 Å². The number of nitrogens with one attached hydrogen (secondary N) is 1. The molecule has 0 bridgehead atoms. The lowest BCUT2D eigenvalue weighted by atomic mass is 9.99. The summed E-state index contributed by atoms with van der Waals surface area (Å²) in [5.41, 5.74) is 2.26. The second-order valence-electron chi connectivity index (χ2n) is 6.09. The zero-order chi connectivity index (χ0) is 15.8. The molecule has 2 aromatic rings. The third kappa shape index (κ3) is 2.92. The number of carbonyl (C=O) groups excluding carboxylic acids is 1. The number of halogens is 1. The SMILES string of the molecule is O=C(NC1CCSc2c(F)cccc21)c1cc2c(s1)CCCC2. The largest absolute Gasteiger partial charge is 0.344 e. The Balaban J connectivity index is 1.56. The maximum atomic E-state index is 13.9. The predicted octanol–water partition coefficient (Wildman–Crippen LogP) is 4.73. The van der Waals surface area contributed by atoms with E-state index in [0.29, 0.717) is 4.90 Å². The fourth-order valence-electron chi connectivity index (χ4n) is 3.37. The molecule has 0 spiro atoms. The maximum Gasteiger partial charge on any atom is 0.261 e. The van der Waals surface area contributed by atoms with Gasteiger partial charge in [-0.05, 0) is 55.4 Å². The van der Waals surface area contributed by atoms with E-state index in [1.54, 1.807) is 29.2 Å². The van der Waals surface area contributed by atoms with Crippen molar-refractivity contribution in [3.05, 3.63) is 51.0 Å². The minimum atomic E-state index is -0.182. The standard InChI is InChI=1S/C18H18FNOS2/c19-13-6-3-5-12-14(8-9-22-17(12)13)20-18(21)16-10-11-4-1-2-7-15(11)23-16/h3,5-6,10,14H,1-2,4,7-9H2,(H,20,21). The van der Waals surface area contributed by atoms with E-state index in [4.69, 9.17) is 0 Å². The van der Waals surface area contributed by atoms with Crippen molar-refractivity contribution < 1.29 is 9.18 Å². The Morgan fingerprint density at radius 1 is 1.26 bits per heavy atom. The van der Waals surface area contributed by atoms with E-state index in [9.17, 15) is 9.18 Å². The molecule has 2 heterocycles. The van der Waals surface area contributed by atoms with Crippen LogP contribution in [0.2, 0.25) is 0 Å². The van der Waals surface area contributed by atoms with Gasteiger partial charge in [0.2, 0.25) is 0 Å². The third-order valence-corrected chi connectivity index (χ3v) is 6.95. The van der Waals surface area contributed by atoms with Crippen molar-refractivity contribution in [2.45, 2.75) is 43.0 Å². The molecule has 4 rings (SSSR count). The summed E-state index contributed by atoms with van der Waals surface area (Å²) in [6, 6.07) is 7.11. The molecular formula is C18H18FNOS2. The highest BCUT2D eigenvalue weighted by molar-refractivity contribution is 7.99. The number of aryl methyl sites for hydroxylation is 2. The van der Waals surface area contributed by atoms with Crippen molar-refractivity contribution in [3.8, 4) is 0 Å². The normalized spacial score (nSPS) is 19.8. The Labute approximate surface area is 143 Å². The molecule has 1 aliphatic heterocycles. The Morgan fingerprint density at radius 3 is 3.00 bits per heavy atom. The molecule has 0 fully saturated rings. The van der Waals surface area contributed by atoms with Crippen LogP contribution in [0.5, 0.6) is 0 Å². The van der Waals surface area contributed by atoms with Crippen molar-refractivity contribution >= 4 is 29.0 Å². The van der Waals surface area contributed by atoms with Gasteiger partial charge in [0, 0.05) is 15.5 Å². The average Bonchev–Trinajstić information content (AvgIpc) is 3.00. The maximum absolute atomic E-state index is 13.9. The molecule has 1 aromatic carbocycles. The number of hydrogen-bond donors (Lipinski definition) is 1. The number of fused-ring (bicyclic) bond motifs is 2. The van der Waals surface area contributed by atoms with Gasteiger partial charge in [0.05, 0.1) is 10.9 Å². The van der Waals surface area contributed by atoms with Gasteiger partial charge in [-0.15, -0.1) is 23.1 Å². The van der Waals surface area contributed by atoms with Crippen LogP contribution in [0.3, 0.4) is 0 Å². The fraction of sp³-hybridized carbons (Fsp3) is 0.389.